The quantitative estimate of drug-likeness (QED) is 0.818. The number of nitrogens with zero attached hydrogens (tertiary/aromatic N) is 2. The second-order valence-electron chi connectivity index (χ2n) is 4.59. The van der Waals surface area contributed by atoms with Gasteiger partial charge in [0.05, 0.1) is 11.8 Å². The minimum atomic E-state index is 0.447. The highest BCUT2D eigenvalue weighted by Crippen LogP contribution is 2.42. The Balaban J connectivity index is 2.27. The summed E-state index contributed by atoms with van der Waals surface area (Å²) in [6, 6.07) is 2.22. The molecule has 0 aromatic carbocycles. The molecular weight excluding hydrogens is 186 g/mol. The maximum absolute atomic E-state index is 8.66. The topological polar surface area (TPSA) is 52.5 Å². The first-order valence-electron chi connectivity index (χ1n) is 5.68. The first kappa shape index (κ1) is 10.2. The first-order chi connectivity index (χ1) is 7.24. The predicted octanol–water partition coefficient (Wildman–Crippen LogP) is 2.87. The normalized spacial score (nSPS) is 15.6. The van der Waals surface area contributed by atoms with Gasteiger partial charge in [0.25, 0.3) is 0 Å². The average molecular weight is 203 g/mol. The monoisotopic (exact) mass is 203 g/mol. The van der Waals surface area contributed by atoms with Crippen LogP contribution in [0.5, 0.6) is 0 Å². The van der Waals surface area contributed by atoms with Crippen molar-refractivity contribution in [2.45, 2.75) is 51.4 Å². The molecule has 80 valence electrons. The third kappa shape index (κ3) is 2.04. The lowest BCUT2D eigenvalue weighted by atomic mass is 9.99. The molecule has 0 amide bonds. The molecular formula is C12H17N3. The molecule has 1 N–H and O–H groups in total. The van der Waals surface area contributed by atoms with E-state index in [1.54, 1.807) is 0 Å². The van der Waals surface area contributed by atoms with Gasteiger partial charge < -0.3 is 0 Å². The molecule has 1 heterocycles. The van der Waals surface area contributed by atoms with Gasteiger partial charge in [-0.1, -0.05) is 13.8 Å². The zero-order valence-corrected chi connectivity index (χ0v) is 9.38. The van der Waals surface area contributed by atoms with Gasteiger partial charge in [-0.15, -0.1) is 0 Å². The number of nitriles is 1. The minimum absolute atomic E-state index is 0.447. The van der Waals surface area contributed by atoms with Gasteiger partial charge in [0, 0.05) is 18.0 Å². The maximum Gasteiger partial charge on any atom is 0.0682 e. The molecule has 1 aromatic heterocycles. The molecule has 1 aliphatic rings. The number of aromatic amines is 1. The second kappa shape index (κ2) is 4.06. The van der Waals surface area contributed by atoms with Gasteiger partial charge in [-0.25, -0.2) is 0 Å². The lowest BCUT2D eigenvalue weighted by Crippen LogP contribution is -1.96. The predicted molar refractivity (Wildman–Crippen MR) is 58.6 cm³/mol. The molecule has 0 saturated heterocycles. The lowest BCUT2D eigenvalue weighted by Gasteiger charge is -2.05. The zero-order valence-electron chi connectivity index (χ0n) is 9.38. The van der Waals surface area contributed by atoms with Crippen LogP contribution in [0.2, 0.25) is 0 Å². The van der Waals surface area contributed by atoms with E-state index in [2.05, 4.69) is 30.1 Å². The van der Waals surface area contributed by atoms with E-state index in [1.807, 2.05) is 0 Å². The Kier molecular flexibility index (Phi) is 2.77. The standard InChI is InChI=1S/C12H17N3/c1-8(2)11-10(4-3-7-13)12(15-14-11)9-5-6-9/h8-9H,3-6H2,1-2H3,(H,14,15). The van der Waals surface area contributed by atoms with E-state index >= 15 is 0 Å². The Labute approximate surface area is 90.5 Å². The van der Waals surface area contributed by atoms with Gasteiger partial charge in [0.1, 0.15) is 0 Å². The number of hydrogen-bond donors (Lipinski definition) is 1. The highest BCUT2D eigenvalue weighted by atomic mass is 15.1. The van der Waals surface area contributed by atoms with E-state index in [1.165, 1.54) is 24.1 Å². The SMILES string of the molecule is CC(C)c1n[nH]c(C2CC2)c1CCC#N. The minimum Gasteiger partial charge on any atom is -0.282 e. The molecule has 3 nitrogen and oxygen atoms in total. The van der Waals surface area contributed by atoms with Crippen LogP contribution >= 0.6 is 0 Å². The molecule has 0 radical (unpaired) electrons. The number of nitrogens with one attached hydrogen (secondary N) is 1. The Hall–Kier alpha value is -1.30. The van der Waals surface area contributed by atoms with Crippen LogP contribution in [0.1, 0.15) is 61.9 Å². The zero-order chi connectivity index (χ0) is 10.8. The van der Waals surface area contributed by atoms with Crippen molar-refractivity contribution < 1.29 is 0 Å². The van der Waals surface area contributed by atoms with Crippen LogP contribution in [0.25, 0.3) is 0 Å². The van der Waals surface area contributed by atoms with Crippen molar-refractivity contribution in [3.05, 3.63) is 17.0 Å². The second-order valence-corrected chi connectivity index (χ2v) is 4.59. The Morgan fingerprint density at radius 2 is 2.27 bits per heavy atom. The van der Waals surface area contributed by atoms with Gasteiger partial charge in [-0.05, 0) is 30.7 Å². The Morgan fingerprint density at radius 3 is 2.80 bits per heavy atom. The fraction of sp³-hybridized carbons (Fsp3) is 0.667. The third-order valence-corrected chi connectivity index (χ3v) is 2.95. The number of aromatic nitrogens is 2. The molecule has 1 saturated carbocycles. The van der Waals surface area contributed by atoms with E-state index in [0.29, 0.717) is 18.3 Å². The lowest BCUT2D eigenvalue weighted by molar-refractivity contribution is 0.792. The molecule has 0 spiro atoms. The van der Waals surface area contributed by atoms with Crippen LogP contribution in [-0.2, 0) is 6.42 Å². The van der Waals surface area contributed by atoms with Crippen molar-refractivity contribution in [3.8, 4) is 6.07 Å². The molecule has 3 heteroatoms. The van der Waals surface area contributed by atoms with Crippen LogP contribution in [-0.4, -0.2) is 10.2 Å². The largest absolute Gasteiger partial charge is 0.282 e. The van der Waals surface area contributed by atoms with Crippen molar-refractivity contribution in [2.24, 2.45) is 0 Å². The smallest absolute Gasteiger partial charge is 0.0682 e. The molecule has 2 rings (SSSR count). The van der Waals surface area contributed by atoms with E-state index in [-0.39, 0.29) is 0 Å². The molecule has 1 aromatic rings. The summed E-state index contributed by atoms with van der Waals surface area (Å²) in [5.74, 6) is 1.14. The van der Waals surface area contributed by atoms with Gasteiger partial charge in [0.2, 0.25) is 0 Å². The maximum atomic E-state index is 8.66. The summed E-state index contributed by atoms with van der Waals surface area (Å²) in [4.78, 5) is 0. The molecule has 15 heavy (non-hydrogen) atoms. The fourth-order valence-electron chi connectivity index (χ4n) is 2.02. The van der Waals surface area contributed by atoms with Crippen LogP contribution in [0.4, 0.5) is 0 Å². The summed E-state index contributed by atoms with van der Waals surface area (Å²) in [6.45, 7) is 4.31. The Morgan fingerprint density at radius 1 is 1.53 bits per heavy atom. The van der Waals surface area contributed by atoms with Crippen molar-refractivity contribution in [1.82, 2.24) is 10.2 Å². The van der Waals surface area contributed by atoms with E-state index in [9.17, 15) is 0 Å². The van der Waals surface area contributed by atoms with Gasteiger partial charge >= 0.3 is 0 Å². The van der Waals surface area contributed by atoms with Crippen molar-refractivity contribution in [2.75, 3.05) is 0 Å². The number of H-pyrrole nitrogens is 1. The van der Waals surface area contributed by atoms with Crippen LogP contribution in [0.15, 0.2) is 0 Å². The molecule has 1 fully saturated rings. The van der Waals surface area contributed by atoms with Crippen LogP contribution < -0.4 is 0 Å². The first-order valence-corrected chi connectivity index (χ1v) is 5.68. The summed E-state index contributed by atoms with van der Waals surface area (Å²) in [5.41, 5.74) is 3.77. The van der Waals surface area contributed by atoms with Gasteiger partial charge in [-0.2, -0.15) is 10.4 Å². The fourth-order valence-corrected chi connectivity index (χ4v) is 2.02. The summed E-state index contributed by atoms with van der Waals surface area (Å²) in [6.07, 6.45) is 4.00. The summed E-state index contributed by atoms with van der Waals surface area (Å²) < 4.78 is 0. The van der Waals surface area contributed by atoms with Gasteiger partial charge in [-0.3, -0.25) is 5.10 Å². The van der Waals surface area contributed by atoms with Crippen molar-refractivity contribution in [3.63, 3.8) is 0 Å². The Bertz CT molecular complexity index is 361. The summed E-state index contributed by atoms with van der Waals surface area (Å²) in [7, 11) is 0. The number of hydrogen-bond acceptors (Lipinski definition) is 2. The van der Waals surface area contributed by atoms with Crippen molar-refractivity contribution >= 4 is 0 Å². The molecule has 1 aliphatic carbocycles. The average Bonchev–Trinajstić information content (AvgIpc) is 2.95. The molecule has 0 aliphatic heterocycles. The van der Waals surface area contributed by atoms with Crippen LogP contribution in [0, 0.1) is 11.3 Å². The van der Waals surface area contributed by atoms with E-state index in [0.717, 1.165) is 12.1 Å². The highest BCUT2D eigenvalue weighted by Gasteiger charge is 2.29. The summed E-state index contributed by atoms with van der Waals surface area (Å²) >= 11 is 0. The molecule has 0 unspecified atom stereocenters. The van der Waals surface area contributed by atoms with Crippen molar-refractivity contribution in [1.29, 1.82) is 5.26 Å². The third-order valence-electron chi connectivity index (χ3n) is 2.95. The summed E-state index contributed by atoms with van der Waals surface area (Å²) in [5, 5.41) is 16.2. The van der Waals surface area contributed by atoms with E-state index < -0.39 is 0 Å². The molecule has 0 atom stereocenters. The highest BCUT2D eigenvalue weighted by molar-refractivity contribution is 5.33. The van der Waals surface area contributed by atoms with E-state index in [4.69, 9.17) is 5.26 Å². The van der Waals surface area contributed by atoms with Gasteiger partial charge in [0.15, 0.2) is 0 Å². The van der Waals surface area contributed by atoms with Crippen LogP contribution in [0.3, 0.4) is 0 Å². The molecule has 0 bridgehead atoms. The number of rotatable bonds is 4.